The summed E-state index contributed by atoms with van der Waals surface area (Å²) in [6.45, 7) is 4.14. The molecule has 0 fully saturated rings. The van der Waals surface area contributed by atoms with Crippen LogP contribution in [0.3, 0.4) is 0 Å². The van der Waals surface area contributed by atoms with Crippen molar-refractivity contribution in [1.29, 1.82) is 0 Å². The van der Waals surface area contributed by atoms with Crippen LogP contribution in [-0.2, 0) is 6.54 Å². The SMILES string of the molecule is COc1ccc(-c2noc(CN(C)C(=O)c3cc(C)ccc3C)n2)cc1. The summed E-state index contributed by atoms with van der Waals surface area (Å²) in [5.74, 6) is 1.55. The van der Waals surface area contributed by atoms with Gasteiger partial charge in [-0.25, -0.2) is 0 Å². The molecule has 6 heteroatoms. The average Bonchev–Trinajstić information content (AvgIpc) is 3.11. The first-order valence-electron chi connectivity index (χ1n) is 8.27. The number of hydrogen-bond acceptors (Lipinski definition) is 5. The van der Waals surface area contributed by atoms with Gasteiger partial charge in [0.25, 0.3) is 5.91 Å². The summed E-state index contributed by atoms with van der Waals surface area (Å²) < 4.78 is 10.4. The Morgan fingerprint density at radius 1 is 1.15 bits per heavy atom. The molecule has 2 aromatic carbocycles. The van der Waals surface area contributed by atoms with E-state index in [1.54, 1.807) is 19.1 Å². The van der Waals surface area contributed by atoms with Gasteiger partial charge >= 0.3 is 0 Å². The molecule has 1 heterocycles. The van der Waals surface area contributed by atoms with Gasteiger partial charge in [-0.15, -0.1) is 0 Å². The maximum absolute atomic E-state index is 12.7. The smallest absolute Gasteiger partial charge is 0.254 e. The van der Waals surface area contributed by atoms with Crippen LogP contribution in [0.25, 0.3) is 11.4 Å². The van der Waals surface area contributed by atoms with Crippen LogP contribution in [-0.4, -0.2) is 35.1 Å². The number of ether oxygens (including phenoxy) is 1. The highest BCUT2D eigenvalue weighted by Crippen LogP contribution is 2.20. The highest BCUT2D eigenvalue weighted by atomic mass is 16.5. The van der Waals surface area contributed by atoms with E-state index in [0.29, 0.717) is 17.3 Å². The number of carbonyl (C=O) groups is 1. The van der Waals surface area contributed by atoms with Crippen LogP contribution < -0.4 is 4.74 Å². The molecule has 1 aromatic heterocycles. The zero-order valence-corrected chi connectivity index (χ0v) is 15.3. The molecule has 0 N–H and O–H groups in total. The highest BCUT2D eigenvalue weighted by molar-refractivity contribution is 5.95. The Morgan fingerprint density at radius 2 is 1.88 bits per heavy atom. The molecular weight excluding hydrogens is 330 g/mol. The van der Waals surface area contributed by atoms with E-state index in [-0.39, 0.29) is 12.5 Å². The van der Waals surface area contributed by atoms with Gasteiger partial charge in [-0.3, -0.25) is 4.79 Å². The lowest BCUT2D eigenvalue weighted by molar-refractivity contribution is 0.0768. The molecule has 0 unspecified atom stereocenters. The van der Waals surface area contributed by atoms with Gasteiger partial charge in [0.15, 0.2) is 0 Å². The van der Waals surface area contributed by atoms with E-state index >= 15 is 0 Å². The Kier molecular flexibility index (Phi) is 5.02. The topological polar surface area (TPSA) is 68.5 Å². The predicted octanol–water partition coefficient (Wildman–Crippen LogP) is 3.63. The molecular formula is C20H21N3O3. The second-order valence-electron chi connectivity index (χ2n) is 6.22. The number of methoxy groups -OCH3 is 1. The first-order valence-corrected chi connectivity index (χ1v) is 8.27. The van der Waals surface area contributed by atoms with Gasteiger partial charge < -0.3 is 14.2 Å². The lowest BCUT2D eigenvalue weighted by Gasteiger charge is -2.16. The van der Waals surface area contributed by atoms with E-state index in [1.165, 1.54) is 0 Å². The van der Waals surface area contributed by atoms with Crippen LogP contribution in [0.4, 0.5) is 0 Å². The number of amides is 1. The third-order valence-corrected chi connectivity index (χ3v) is 4.16. The minimum atomic E-state index is -0.0737. The maximum Gasteiger partial charge on any atom is 0.254 e. The Labute approximate surface area is 152 Å². The lowest BCUT2D eigenvalue weighted by Crippen LogP contribution is -2.27. The molecule has 0 aliphatic rings. The van der Waals surface area contributed by atoms with Crippen LogP contribution in [0.2, 0.25) is 0 Å². The number of aromatic nitrogens is 2. The zero-order valence-electron chi connectivity index (χ0n) is 15.3. The molecule has 0 aliphatic carbocycles. The largest absolute Gasteiger partial charge is 0.497 e. The van der Waals surface area contributed by atoms with Crippen molar-refractivity contribution in [1.82, 2.24) is 15.0 Å². The third-order valence-electron chi connectivity index (χ3n) is 4.16. The average molecular weight is 351 g/mol. The molecule has 0 radical (unpaired) electrons. The summed E-state index contributed by atoms with van der Waals surface area (Å²) in [5, 5.41) is 3.99. The van der Waals surface area contributed by atoms with Gasteiger partial charge in [0.1, 0.15) is 5.75 Å². The van der Waals surface area contributed by atoms with Crippen molar-refractivity contribution in [3.63, 3.8) is 0 Å². The molecule has 0 saturated heterocycles. The molecule has 0 bridgehead atoms. The van der Waals surface area contributed by atoms with E-state index in [4.69, 9.17) is 9.26 Å². The van der Waals surface area contributed by atoms with E-state index < -0.39 is 0 Å². The molecule has 6 nitrogen and oxygen atoms in total. The summed E-state index contributed by atoms with van der Waals surface area (Å²) in [4.78, 5) is 18.6. The van der Waals surface area contributed by atoms with Gasteiger partial charge in [-0.1, -0.05) is 22.9 Å². The van der Waals surface area contributed by atoms with Crippen molar-refractivity contribution in [3.05, 3.63) is 65.0 Å². The van der Waals surface area contributed by atoms with Gasteiger partial charge in [0.05, 0.1) is 13.7 Å². The summed E-state index contributed by atoms with van der Waals surface area (Å²) in [7, 11) is 3.34. The minimum absolute atomic E-state index is 0.0737. The second-order valence-corrected chi connectivity index (χ2v) is 6.22. The summed E-state index contributed by atoms with van der Waals surface area (Å²) >= 11 is 0. The van der Waals surface area contributed by atoms with E-state index in [1.807, 2.05) is 56.3 Å². The van der Waals surface area contributed by atoms with Crippen molar-refractivity contribution >= 4 is 5.91 Å². The molecule has 26 heavy (non-hydrogen) atoms. The molecule has 134 valence electrons. The van der Waals surface area contributed by atoms with Crippen LogP contribution in [0, 0.1) is 13.8 Å². The number of carbonyl (C=O) groups excluding carboxylic acids is 1. The van der Waals surface area contributed by atoms with E-state index in [9.17, 15) is 4.79 Å². The van der Waals surface area contributed by atoms with Crippen molar-refractivity contribution < 1.29 is 14.1 Å². The lowest BCUT2D eigenvalue weighted by atomic mass is 10.0. The number of hydrogen-bond donors (Lipinski definition) is 0. The van der Waals surface area contributed by atoms with Gasteiger partial charge in [-0.05, 0) is 49.7 Å². The molecule has 0 atom stereocenters. The maximum atomic E-state index is 12.7. The monoisotopic (exact) mass is 351 g/mol. The number of rotatable bonds is 5. The number of nitrogens with zero attached hydrogens (tertiary/aromatic N) is 3. The van der Waals surface area contributed by atoms with Crippen molar-refractivity contribution in [2.75, 3.05) is 14.2 Å². The van der Waals surface area contributed by atoms with E-state index in [0.717, 1.165) is 22.4 Å². The fraction of sp³-hybridized carbons (Fsp3) is 0.250. The molecule has 3 rings (SSSR count). The van der Waals surface area contributed by atoms with Gasteiger partial charge in [0.2, 0.25) is 11.7 Å². The van der Waals surface area contributed by atoms with Gasteiger partial charge in [0, 0.05) is 18.2 Å². The first kappa shape index (κ1) is 17.7. The highest BCUT2D eigenvalue weighted by Gasteiger charge is 2.18. The van der Waals surface area contributed by atoms with Crippen LogP contribution in [0.5, 0.6) is 5.75 Å². The molecule has 0 spiro atoms. The summed E-state index contributed by atoms with van der Waals surface area (Å²) in [6.07, 6.45) is 0. The quantitative estimate of drug-likeness (QED) is 0.702. The Morgan fingerprint density at radius 3 is 2.58 bits per heavy atom. The Balaban J connectivity index is 1.73. The number of benzene rings is 2. The third kappa shape index (κ3) is 3.74. The first-order chi connectivity index (χ1) is 12.5. The van der Waals surface area contributed by atoms with Crippen LogP contribution >= 0.6 is 0 Å². The number of aryl methyl sites for hydroxylation is 2. The van der Waals surface area contributed by atoms with E-state index in [2.05, 4.69) is 10.1 Å². The molecule has 1 amide bonds. The summed E-state index contributed by atoms with van der Waals surface area (Å²) in [6, 6.07) is 13.2. The van der Waals surface area contributed by atoms with Crippen molar-refractivity contribution in [2.24, 2.45) is 0 Å². The second kappa shape index (κ2) is 7.39. The van der Waals surface area contributed by atoms with Crippen molar-refractivity contribution in [2.45, 2.75) is 20.4 Å². The summed E-state index contributed by atoms with van der Waals surface area (Å²) in [5.41, 5.74) is 3.50. The molecule has 0 aliphatic heterocycles. The molecule has 0 saturated carbocycles. The Bertz CT molecular complexity index is 916. The molecule has 3 aromatic rings. The zero-order chi connectivity index (χ0) is 18.7. The van der Waals surface area contributed by atoms with Gasteiger partial charge in [-0.2, -0.15) is 4.98 Å². The standard InChI is InChI=1S/C20H21N3O3/c1-13-5-6-14(2)17(11-13)20(24)23(3)12-18-21-19(22-26-18)15-7-9-16(25-4)10-8-15/h5-11H,12H2,1-4H3. The fourth-order valence-electron chi connectivity index (χ4n) is 2.62. The van der Waals surface area contributed by atoms with Crippen LogP contribution in [0.15, 0.2) is 47.0 Å². The Hall–Kier alpha value is -3.15. The normalized spacial score (nSPS) is 10.6. The minimum Gasteiger partial charge on any atom is -0.497 e. The predicted molar refractivity (Wildman–Crippen MR) is 98.0 cm³/mol. The van der Waals surface area contributed by atoms with Crippen molar-refractivity contribution in [3.8, 4) is 17.1 Å². The van der Waals surface area contributed by atoms with Crippen LogP contribution in [0.1, 0.15) is 27.4 Å². The fourth-order valence-corrected chi connectivity index (χ4v) is 2.62.